The number of likely N-dealkylation sites (N-methyl/N-ethyl adjacent to an activating group) is 1. The molecule has 1 saturated heterocycles. The third kappa shape index (κ3) is 7.95. The molecule has 15 N–H and O–H groups in total. The third-order valence-electron chi connectivity index (χ3n) is 9.19. The predicted molar refractivity (Wildman–Crippen MR) is 156 cm³/mol. The maximum Gasteiger partial charge on any atom is 0.215 e. The van der Waals surface area contributed by atoms with Crippen LogP contribution in [0.1, 0.15) is 39.0 Å². The van der Waals surface area contributed by atoms with Crippen LogP contribution >= 0.6 is 0 Å². The van der Waals surface area contributed by atoms with E-state index in [9.17, 15) is 30.3 Å². The molecular formula is C28H52N6O10. The van der Waals surface area contributed by atoms with Crippen LogP contribution < -0.4 is 33.6 Å². The standard InChI is InChI=1S/C28H52N6O10/c1-27(39)12-41-26(21(38)24(27)33-2)43-22-13(8-19(36)28(40)9-18(28)32)7-17(31)23(20(22)37)44-25-16(30)4-3-15(42-25)11-34-10-14(35)5-6-29/h3,13-14,16-18,20-26,33-35,37-40H,4-12,29-32H2,1-2H3/t13-,14?,16+,17-,18?,20+,21+,22-,23?,24+,25+,26+,27-,28?/m0/s1. The molecule has 14 atom stereocenters. The van der Waals surface area contributed by atoms with E-state index in [0.29, 0.717) is 38.2 Å². The molecule has 4 rings (SSSR count). The van der Waals surface area contributed by atoms with Crippen molar-refractivity contribution in [3.05, 3.63) is 11.8 Å². The van der Waals surface area contributed by atoms with E-state index in [1.807, 2.05) is 6.08 Å². The van der Waals surface area contributed by atoms with Crippen molar-refractivity contribution in [1.82, 2.24) is 10.6 Å². The zero-order valence-corrected chi connectivity index (χ0v) is 25.5. The molecule has 0 aromatic rings. The zero-order valence-electron chi connectivity index (χ0n) is 25.5. The summed E-state index contributed by atoms with van der Waals surface area (Å²) in [5.74, 6) is -0.624. The summed E-state index contributed by atoms with van der Waals surface area (Å²) in [5, 5.41) is 59.7. The van der Waals surface area contributed by atoms with Gasteiger partial charge in [0.1, 0.15) is 35.3 Å². The molecule has 0 aromatic heterocycles. The second kappa shape index (κ2) is 14.6. The fraction of sp³-hybridized carbons (Fsp3) is 0.893. The van der Waals surface area contributed by atoms with Gasteiger partial charge in [0.2, 0.25) is 6.29 Å². The number of aliphatic hydroxyl groups excluding tert-OH is 3. The molecule has 2 saturated carbocycles. The van der Waals surface area contributed by atoms with Crippen molar-refractivity contribution >= 4 is 5.78 Å². The van der Waals surface area contributed by atoms with Crippen LogP contribution in [0.5, 0.6) is 0 Å². The first-order chi connectivity index (χ1) is 20.7. The highest BCUT2D eigenvalue weighted by atomic mass is 16.7. The SMILES string of the molecule is CN[C@@H]1[C@@H](O)[C@@H](O[C@H]2[C@H](CC(=O)C3(O)CC3N)C[C@H](N)C(O[C@H]3OC(CNCC(O)CCN)=CC[C@H]3N)[C@@H]2O)OC[C@]1(C)O. The summed E-state index contributed by atoms with van der Waals surface area (Å²) < 4.78 is 24.0. The van der Waals surface area contributed by atoms with Gasteiger partial charge in [0.25, 0.3) is 0 Å². The average Bonchev–Trinajstić information content (AvgIpc) is 3.58. The fourth-order valence-corrected chi connectivity index (χ4v) is 6.36. The lowest BCUT2D eigenvalue weighted by Crippen LogP contribution is -2.67. The Kier molecular flexibility index (Phi) is 11.8. The monoisotopic (exact) mass is 632 g/mol. The van der Waals surface area contributed by atoms with Gasteiger partial charge in [0, 0.05) is 31.5 Å². The van der Waals surface area contributed by atoms with Crippen LogP contribution in [0.2, 0.25) is 0 Å². The number of nitrogens with two attached hydrogens (primary N) is 4. The average molecular weight is 633 g/mol. The summed E-state index contributed by atoms with van der Waals surface area (Å²) in [5.41, 5.74) is 21.0. The number of carbonyl (C=O) groups excluding carboxylic acids is 1. The molecule has 0 bridgehead atoms. The minimum atomic E-state index is -1.64. The molecular weight excluding hydrogens is 580 g/mol. The summed E-state index contributed by atoms with van der Waals surface area (Å²) >= 11 is 0. The Labute approximate surface area is 257 Å². The quantitative estimate of drug-likeness (QED) is 0.0856. The number of Topliss-reactive ketones (excluding diaryl/α,β-unsaturated/α-hetero) is 1. The Balaban J connectivity index is 1.47. The second-order valence-corrected chi connectivity index (χ2v) is 12.9. The first-order valence-electron chi connectivity index (χ1n) is 15.4. The number of hydrogen-bond donors (Lipinski definition) is 11. The number of ketones is 1. The molecule has 16 nitrogen and oxygen atoms in total. The minimum absolute atomic E-state index is 0.140. The second-order valence-electron chi connectivity index (χ2n) is 12.9. The Morgan fingerprint density at radius 3 is 2.45 bits per heavy atom. The van der Waals surface area contributed by atoms with E-state index in [-0.39, 0.29) is 25.9 Å². The largest absolute Gasteiger partial charge is 0.467 e. The number of aliphatic hydroxyl groups is 5. The van der Waals surface area contributed by atoms with Crippen LogP contribution in [-0.2, 0) is 23.7 Å². The lowest BCUT2D eigenvalue weighted by molar-refractivity contribution is -0.308. The topological polar surface area (TPSA) is 283 Å². The van der Waals surface area contributed by atoms with Crippen LogP contribution in [0.3, 0.4) is 0 Å². The van der Waals surface area contributed by atoms with Crippen molar-refractivity contribution in [2.45, 2.75) is 117 Å². The van der Waals surface area contributed by atoms with Gasteiger partial charge in [0.15, 0.2) is 12.1 Å². The predicted octanol–water partition coefficient (Wildman–Crippen LogP) is -4.80. The molecule has 2 heterocycles. The summed E-state index contributed by atoms with van der Waals surface area (Å²) in [7, 11) is 1.58. The van der Waals surface area contributed by atoms with E-state index in [1.54, 1.807) is 7.05 Å². The number of nitrogens with one attached hydrogen (secondary N) is 2. The molecule has 0 spiro atoms. The van der Waals surface area contributed by atoms with E-state index in [0.717, 1.165) is 0 Å². The molecule has 4 unspecified atom stereocenters. The Bertz CT molecular complexity index is 1010. The van der Waals surface area contributed by atoms with Gasteiger partial charge >= 0.3 is 0 Å². The highest BCUT2D eigenvalue weighted by molar-refractivity contribution is 5.91. The van der Waals surface area contributed by atoms with Crippen molar-refractivity contribution in [2.24, 2.45) is 28.9 Å². The van der Waals surface area contributed by atoms with E-state index in [2.05, 4.69) is 10.6 Å². The zero-order chi connectivity index (χ0) is 32.4. The van der Waals surface area contributed by atoms with Crippen molar-refractivity contribution < 1.29 is 49.3 Å². The minimum Gasteiger partial charge on any atom is -0.467 e. The molecule has 16 heteroatoms. The van der Waals surface area contributed by atoms with Gasteiger partial charge < -0.3 is 78.0 Å². The third-order valence-corrected chi connectivity index (χ3v) is 9.19. The van der Waals surface area contributed by atoms with Gasteiger partial charge in [-0.15, -0.1) is 0 Å². The lowest BCUT2D eigenvalue weighted by atomic mass is 9.76. The molecule has 0 aromatic carbocycles. The van der Waals surface area contributed by atoms with Crippen molar-refractivity contribution in [1.29, 1.82) is 0 Å². The first kappa shape index (κ1) is 35.5. The highest BCUT2D eigenvalue weighted by Gasteiger charge is 2.58. The van der Waals surface area contributed by atoms with Gasteiger partial charge in [-0.1, -0.05) is 0 Å². The van der Waals surface area contributed by atoms with Gasteiger partial charge in [-0.25, -0.2) is 0 Å². The van der Waals surface area contributed by atoms with Crippen LogP contribution in [-0.4, -0.2) is 143 Å². The molecule has 44 heavy (non-hydrogen) atoms. The molecule has 0 amide bonds. The summed E-state index contributed by atoms with van der Waals surface area (Å²) in [6, 6.07) is -2.83. The number of hydrogen-bond acceptors (Lipinski definition) is 16. The van der Waals surface area contributed by atoms with E-state index < -0.39 is 90.2 Å². The first-order valence-corrected chi connectivity index (χ1v) is 15.4. The van der Waals surface area contributed by atoms with E-state index >= 15 is 0 Å². The highest BCUT2D eigenvalue weighted by Crippen LogP contribution is 2.41. The number of rotatable bonds is 14. The Morgan fingerprint density at radius 1 is 1.14 bits per heavy atom. The summed E-state index contributed by atoms with van der Waals surface area (Å²) in [6.45, 7) is 2.34. The molecule has 3 fully saturated rings. The molecule has 2 aliphatic heterocycles. The molecule has 2 aliphatic carbocycles. The van der Waals surface area contributed by atoms with Crippen LogP contribution in [0.25, 0.3) is 0 Å². The van der Waals surface area contributed by atoms with Crippen LogP contribution in [0.4, 0.5) is 0 Å². The van der Waals surface area contributed by atoms with Gasteiger partial charge in [-0.2, -0.15) is 0 Å². The van der Waals surface area contributed by atoms with Gasteiger partial charge in [0.05, 0.1) is 37.4 Å². The normalized spacial score (nSPS) is 44.9. The lowest BCUT2D eigenvalue weighted by Gasteiger charge is -2.48. The Morgan fingerprint density at radius 2 is 1.82 bits per heavy atom. The maximum absolute atomic E-state index is 13.0. The van der Waals surface area contributed by atoms with Gasteiger partial charge in [-0.05, 0) is 51.8 Å². The smallest absolute Gasteiger partial charge is 0.215 e. The molecule has 4 aliphatic rings. The Hall–Kier alpha value is -1.35. The van der Waals surface area contributed by atoms with E-state index in [1.165, 1.54) is 6.92 Å². The summed E-state index contributed by atoms with van der Waals surface area (Å²) in [6.07, 6.45) is -4.93. The number of carbonyl (C=O) groups is 1. The molecule has 0 radical (unpaired) electrons. The molecule has 254 valence electrons. The van der Waals surface area contributed by atoms with Crippen LogP contribution in [0.15, 0.2) is 11.8 Å². The van der Waals surface area contributed by atoms with Crippen molar-refractivity contribution in [3.63, 3.8) is 0 Å². The van der Waals surface area contributed by atoms with Crippen LogP contribution in [0, 0.1) is 5.92 Å². The van der Waals surface area contributed by atoms with Crippen molar-refractivity contribution in [3.8, 4) is 0 Å². The van der Waals surface area contributed by atoms with E-state index in [4.69, 9.17) is 41.9 Å². The number of ether oxygens (including phenoxy) is 4. The van der Waals surface area contributed by atoms with Gasteiger partial charge in [-0.3, -0.25) is 4.79 Å². The fourth-order valence-electron chi connectivity index (χ4n) is 6.36. The summed E-state index contributed by atoms with van der Waals surface area (Å²) in [4.78, 5) is 13.0. The van der Waals surface area contributed by atoms with Crippen molar-refractivity contribution in [2.75, 3.05) is 33.3 Å². The maximum atomic E-state index is 13.0.